The van der Waals surface area contributed by atoms with Crippen molar-refractivity contribution >= 4 is 28.6 Å². The highest BCUT2D eigenvalue weighted by Crippen LogP contribution is 2.36. The normalized spacial score (nSPS) is 13.2. The molecule has 0 unspecified atom stereocenters. The number of rotatable bonds is 12. The number of carbonyl (C=O) groups excluding carboxylic acids is 1. The SMILES string of the molecule is CNC(=O)c1ccc(-c2c[nH]c3nc(Nc4ccc(CNC5COC5)cc4OC)nc(OCCOC)c23)cc1. The van der Waals surface area contributed by atoms with Gasteiger partial charge in [-0.2, -0.15) is 9.97 Å². The zero-order chi connectivity index (χ0) is 27.2. The summed E-state index contributed by atoms with van der Waals surface area (Å²) in [6, 6.07) is 13.7. The third kappa shape index (κ3) is 5.95. The average molecular weight is 533 g/mol. The lowest BCUT2D eigenvalue weighted by Gasteiger charge is -2.27. The molecule has 39 heavy (non-hydrogen) atoms. The molecule has 1 amide bonds. The summed E-state index contributed by atoms with van der Waals surface area (Å²) >= 11 is 0. The molecule has 4 N–H and O–H groups in total. The molecule has 4 aromatic rings. The fourth-order valence-electron chi connectivity index (χ4n) is 4.24. The minimum absolute atomic E-state index is 0.143. The molecule has 1 saturated heterocycles. The lowest BCUT2D eigenvalue weighted by molar-refractivity contribution is -0.00578. The van der Waals surface area contributed by atoms with E-state index in [-0.39, 0.29) is 5.91 Å². The summed E-state index contributed by atoms with van der Waals surface area (Å²) in [7, 11) is 4.86. The highest BCUT2D eigenvalue weighted by atomic mass is 16.5. The molecular formula is C28H32N6O5. The monoisotopic (exact) mass is 532 g/mol. The molecule has 0 saturated carbocycles. The molecule has 11 nitrogen and oxygen atoms in total. The summed E-state index contributed by atoms with van der Waals surface area (Å²) in [5.74, 6) is 1.30. The molecule has 2 aromatic heterocycles. The Hall–Kier alpha value is -4.19. The standard InChI is InChI=1S/C28H32N6O5/c1-29-26(35)19-7-5-18(6-8-19)21-14-31-25-24(21)27(39-11-10-36-2)34-28(33-25)32-22-9-4-17(12-23(22)37-3)13-30-20-15-38-16-20/h4-9,12,14,20,30H,10-11,13,15-16H2,1-3H3,(H,29,35)(H2,31,32,33,34). The van der Waals surface area contributed by atoms with Gasteiger partial charge < -0.3 is 39.9 Å². The molecule has 0 bridgehead atoms. The first-order chi connectivity index (χ1) is 19.1. The molecule has 0 atom stereocenters. The summed E-state index contributed by atoms with van der Waals surface area (Å²) in [5.41, 5.74) is 4.77. The fourth-order valence-corrected chi connectivity index (χ4v) is 4.24. The van der Waals surface area contributed by atoms with Gasteiger partial charge in [-0.1, -0.05) is 18.2 Å². The predicted molar refractivity (Wildman–Crippen MR) is 148 cm³/mol. The van der Waals surface area contributed by atoms with Crippen LogP contribution < -0.4 is 25.4 Å². The van der Waals surface area contributed by atoms with Crippen LogP contribution in [-0.2, 0) is 16.0 Å². The van der Waals surface area contributed by atoms with E-state index >= 15 is 0 Å². The number of benzene rings is 2. The van der Waals surface area contributed by atoms with Gasteiger partial charge in [0.25, 0.3) is 5.91 Å². The molecular weight excluding hydrogens is 500 g/mol. The Morgan fingerprint density at radius 2 is 1.92 bits per heavy atom. The minimum atomic E-state index is -0.143. The van der Waals surface area contributed by atoms with Crippen LogP contribution in [0.3, 0.4) is 0 Å². The second kappa shape index (κ2) is 12.1. The second-order valence-corrected chi connectivity index (χ2v) is 9.05. The molecule has 204 valence electrons. The quantitative estimate of drug-likeness (QED) is 0.203. The lowest BCUT2D eigenvalue weighted by Crippen LogP contribution is -2.45. The molecule has 5 rings (SSSR count). The summed E-state index contributed by atoms with van der Waals surface area (Å²) in [6.45, 7) is 2.94. The number of methoxy groups -OCH3 is 2. The molecule has 1 fully saturated rings. The number of hydrogen-bond acceptors (Lipinski definition) is 9. The highest BCUT2D eigenvalue weighted by Gasteiger charge is 2.19. The van der Waals surface area contributed by atoms with Crippen LogP contribution in [0.2, 0.25) is 0 Å². The van der Waals surface area contributed by atoms with E-state index < -0.39 is 0 Å². The van der Waals surface area contributed by atoms with Gasteiger partial charge in [0.15, 0.2) is 0 Å². The first-order valence-corrected chi connectivity index (χ1v) is 12.7. The van der Waals surface area contributed by atoms with E-state index in [9.17, 15) is 4.79 Å². The molecule has 0 spiro atoms. The van der Waals surface area contributed by atoms with Crippen LogP contribution in [0.5, 0.6) is 11.6 Å². The summed E-state index contributed by atoms with van der Waals surface area (Å²) < 4.78 is 22.1. The highest BCUT2D eigenvalue weighted by molar-refractivity contribution is 5.99. The van der Waals surface area contributed by atoms with E-state index in [2.05, 4.69) is 20.9 Å². The van der Waals surface area contributed by atoms with Gasteiger partial charge in [-0.25, -0.2) is 0 Å². The smallest absolute Gasteiger partial charge is 0.251 e. The lowest BCUT2D eigenvalue weighted by atomic mass is 10.0. The van der Waals surface area contributed by atoms with Gasteiger partial charge in [-0.15, -0.1) is 0 Å². The Morgan fingerprint density at radius 3 is 2.62 bits per heavy atom. The number of ether oxygens (including phenoxy) is 4. The van der Waals surface area contributed by atoms with Gasteiger partial charge in [0.2, 0.25) is 11.8 Å². The van der Waals surface area contributed by atoms with Crippen molar-refractivity contribution in [3.8, 4) is 22.8 Å². The van der Waals surface area contributed by atoms with Gasteiger partial charge in [0, 0.05) is 38.0 Å². The van der Waals surface area contributed by atoms with Gasteiger partial charge in [0.05, 0.1) is 44.0 Å². The van der Waals surface area contributed by atoms with Crippen molar-refractivity contribution in [2.75, 3.05) is 53.0 Å². The maximum atomic E-state index is 12.0. The number of fused-ring (bicyclic) bond motifs is 1. The maximum Gasteiger partial charge on any atom is 0.251 e. The van der Waals surface area contributed by atoms with Gasteiger partial charge in [0.1, 0.15) is 18.0 Å². The van der Waals surface area contributed by atoms with Gasteiger partial charge in [-0.3, -0.25) is 4.79 Å². The van der Waals surface area contributed by atoms with Crippen LogP contribution in [-0.4, -0.2) is 74.6 Å². The van der Waals surface area contributed by atoms with Crippen molar-refractivity contribution < 1.29 is 23.7 Å². The van der Waals surface area contributed by atoms with Crippen molar-refractivity contribution in [1.29, 1.82) is 0 Å². The van der Waals surface area contributed by atoms with Crippen LogP contribution in [0, 0.1) is 0 Å². The minimum Gasteiger partial charge on any atom is -0.495 e. The summed E-state index contributed by atoms with van der Waals surface area (Å²) in [5, 5.41) is 10.1. The number of anilines is 2. The number of nitrogens with zero attached hydrogens (tertiary/aromatic N) is 2. The van der Waals surface area contributed by atoms with Gasteiger partial charge in [-0.05, 0) is 35.4 Å². The van der Waals surface area contributed by atoms with E-state index in [1.165, 1.54) is 0 Å². The number of carbonyl (C=O) groups is 1. The molecule has 11 heteroatoms. The third-order valence-electron chi connectivity index (χ3n) is 6.46. The van der Waals surface area contributed by atoms with E-state index in [0.29, 0.717) is 48.0 Å². The third-order valence-corrected chi connectivity index (χ3v) is 6.46. The zero-order valence-corrected chi connectivity index (χ0v) is 22.2. The number of aromatic amines is 1. The van der Waals surface area contributed by atoms with Crippen molar-refractivity contribution in [2.45, 2.75) is 12.6 Å². The van der Waals surface area contributed by atoms with Crippen molar-refractivity contribution in [3.63, 3.8) is 0 Å². The van der Waals surface area contributed by atoms with Crippen LogP contribution in [0.25, 0.3) is 22.2 Å². The Balaban J connectivity index is 1.44. The Labute approximate surface area is 226 Å². The van der Waals surface area contributed by atoms with Crippen LogP contribution in [0.1, 0.15) is 15.9 Å². The number of aromatic nitrogens is 3. The number of hydrogen-bond donors (Lipinski definition) is 4. The molecule has 1 aliphatic rings. The van der Waals surface area contributed by atoms with Crippen molar-refractivity contribution in [3.05, 3.63) is 59.8 Å². The van der Waals surface area contributed by atoms with E-state index in [4.69, 9.17) is 28.9 Å². The molecule has 0 aliphatic carbocycles. The predicted octanol–water partition coefficient (Wildman–Crippen LogP) is 3.25. The zero-order valence-electron chi connectivity index (χ0n) is 22.2. The van der Waals surface area contributed by atoms with E-state index in [0.717, 1.165) is 47.5 Å². The largest absolute Gasteiger partial charge is 0.495 e. The molecule has 1 aliphatic heterocycles. The van der Waals surface area contributed by atoms with Crippen molar-refractivity contribution in [2.24, 2.45) is 0 Å². The first kappa shape index (κ1) is 26.4. The molecule has 3 heterocycles. The van der Waals surface area contributed by atoms with Gasteiger partial charge >= 0.3 is 0 Å². The first-order valence-electron chi connectivity index (χ1n) is 12.7. The van der Waals surface area contributed by atoms with Crippen LogP contribution >= 0.6 is 0 Å². The average Bonchev–Trinajstić information content (AvgIpc) is 3.37. The number of amides is 1. The fraction of sp³-hybridized carbons (Fsp3) is 0.321. The Morgan fingerprint density at radius 1 is 1.10 bits per heavy atom. The van der Waals surface area contributed by atoms with Crippen molar-refractivity contribution in [1.82, 2.24) is 25.6 Å². The van der Waals surface area contributed by atoms with E-state index in [1.54, 1.807) is 33.4 Å². The van der Waals surface area contributed by atoms with E-state index in [1.807, 2.05) is 36.5 Å². The maximum absolute atomic E-state index is 12.0. The topological polar surface area (TPSA) is 132 Å². The Bertz CT molecular complexity index is 1430. The summed E-state index contributed by atoms with van der Waals surface area (Å²) in [4.78, 5) is 24.6. The molecule has 2 aromatic carbocycles. The number of nitrogens with one attached hydrogen (secondary N) is 4. The number of H-pyrrole nitrogens is 1. The Kier molecular flexibility index (Phi) is 8.21. The van der Waals surface area contributed by atoms with Crippen LogP contribution in [0.15, 0.2) is 48.7 Å². The van der Waals surface area contributed by atoms with Crippen LogP contribution in [0.4, 0.5) is 11.6 Å². The summed E-state index contributed by atoms with van der Waals surface area (Å²) in [6.07, 6.45) is 1.86. The molecule has 0 radical (unpaired) electrons. The second-order valence-electron chi connectivity index (χ2n) is 9.05.